The van der Waals surface area contributed by atoms with E-state index >= 15 is 0 Å². The lowest BCUT2D eigenvalue weighted by Crippen LogP contribution is -2.09. The first-order valence-electron chi connectivity index (χ1n) is 4.13. The summed E-state index contributed by atoms with van der Waals surface area (Å²) in [4.78, 5) is 3.60. The smallest absolute Gasteiger partial charge is 0.268 e. The molecule has 0 aliphatic heterocycles. The fraction of sp³-hybridized carbons (Fsp3) is 0.333. The summed E-state index contributed by atoms with van der Waals surface area (Å²) in [6, 6.07) is 1.76. The zero-order chi connectivity index (χ0) is 11.4. The molecule has 0 aromatic carbocycles. The highest BCUT2D eigenvalue weighted by molar-refractivity contribution is 5.29. The molecule has 0 radical (unpaired) electrons. The van der Waals surface area contributed by atoms with E-state index in [0.29, 0.717) is 0 Å². The Kier molecular flexibility index (Phi) is 3.63. The molecular weight excluding hydrogens is 207 g/mol. The molecule has 15 heavy (non-hydrogen) atoms. The molecule has 2 N–H and O–H groups in total. The van der Waals surface area contributed by atoms with Gasteiger partial charge in [0.05, 0.1) is 23.7 Å². The normalized spacial score (nSPS) is 10.4. The monoisotopic (exact) mass is 215 g/mol. The molecule has 0 unspecified atom stereocenters. The first kappa shape index (κ1) is 11.5. The second-order valence-corrected chi connectivity index (χ2v) is 2.79. The Balaban J connectivity index is 3.27. The summed E-state index contributed by atoms with van der Waals surface area (Å²) >= 11 is 0. The average molecular weight is 215 g/mol. The topological polar surface area (TPSA) is 62.7 Å². The molecule has 0 bridgehead atoms. The van der Waals surface area contributed by atoms with Gasteiger partial charge in [-0.1, -0.05) is 0 Å². The van der Waals surface area contributed by atoms with Gasteiger partial charge in [-0.15, -0.1) is 0 Å². The first-order chi connectivity index (χ1) is 7.11. The number of halogens is 3. The summed E-state index contributed by atoms with van der Waals surface area (Å²) in [5, 5.41) is 8.41. The predicted octanol–water partition coefficient (Wildman–Crippen LogP) is 1.68. The van der Waals surface area contributed by atoms with Crippen molar-refractivity contribution in [3.63, 3.8) is 0 Å². The van der Waals surface area contributed by atoms with Crippen LogP contribution in [0.3, 0.4) is 0 Å². The lowest BCUT2D eigenvalue weighted by Gasteiger charge is -2.08. The number of nitriles is 1. The van der Waals surface area contributed by atoms with E-state index < -0.39 is 17.8 Å². The molecule has 0 atom stereocenters. The number of hydrogen-bond donors (Lipinski definition) is 1. The SMILES string of the molecule is N#CCc1ncc(C(F)F)c(F)c1CN. The average Bonchev–Trinajstić information content (AvgIpc) is 2.18. The van der Waals surface area contributed by atoms with E-state index in [1.807, 2.05) is 0 Å². The van der Waals surface area contributed by atoms with Gasteiger partial charge in [0.15, 0.2) is 0 Å². The van der Waals surface area contributed by atoms with Gasteiger partial charge >= 0.3 is 0 Å². The molecule has 6 heteroatoms. The molecule has 3 nitrogen and oxygen atoms in total. The van der Waals surface area contributed by atoms with Crippen LogP contribution in [-0.2, 0) is 13.0 Å². The summed E-state index contributed by atoms with van der Waals surface area (Å²) < 4.78 is 37.9. The minimum atomic E-state index is -2.93. The van der Waals surface area contributed by atoms with Crippen LogP contribution in [0, 0.1) is 17.1 Å². The van der Waals surface area contributed by atoms with Crippen molar-refractivity contribution < 1.29 is 13.2 Å². The number of nitrogens with zero attached hydrogens (tertiary/aromatic N) is 2. The highest BCUT2D eigenvalue weighted by Crippen LogP contribution is 2.24. The van der Waals surface area contributed by atoms with Crippen LogP contribution in [-0.4, -0.2) is 4.98 Å². The molecule has 1 rings (SSSR count). The van der Waals surface area contributed by atoms with Crippen LogP contribution < -0.4 is 5.73 Å². The Morgan fingerprint density at radius 1 is 1.53 bits per heavy atom. The quantitative estimate of drug-likeness (QED) is 0.834. The molecular formula is C9H8F3N3. The van der Waals surface area contributed by atoms with Crippen LogP contribution >= 0.6 is 0 Å². The van der Waals surface area contributed by atoms with Crippen LogP contribution in [0.5, 0.6) is 0 Å². The zero-order valence-corrected chi connectivity index (χ0v) is 7.67. The molecule has 1 aromatic rings. The van der Waals surface area contributed by atoms with Crippen molar-refractivity contribution in [1.82, 2.24) is 4.98 Å². The predicted molar refractivity (Wildman–Crippen MR) is 46.4 cm³/mol. The largest absolute Gasteiger partial charge is 0.326 e. The number of nitrogens with two attached hydrogens (primary N) is 1. The minimum absolute atomic E-state index is 0.113. The highest BCUT2D eigenvalue weighted by atomic mass is 19.3. The van der Waals surface area contributed by atoms with Crippen LogP contribution in [0.25, 0.3) is 0 Å². The third kappa shape index (κ3) is 2.25. The van der Waals surface area contributed by atoms with E-state index in [9.17, 15) is 13.2 Å². The summed E-state index contributed by atoms with van der Waals surface area (Å²) in [5.41, 5.74) is 4.43. The summed E-state index contributed by atoms with van der Waals surface area (Å²) in [6.07, 6.45) is -2.34. The molecule has 0 spiro atoms. The number of alkyl halides is 2. The van der Waals surface area contributed by atoms with Gasteiger partial charge in [0, 0.05) is 18.3 Å². The van der Waals surface area contributed by atoms with Gasteiger partial charge in [-0.05, 0) is 0 Å². The van der Waals surface area contributed by atoms with E-state index in [1.165, 1.54) is 0 Å². The van der Waals surface area contributed by atoms with Crippen molar-refractivity contribution in [2.45, 2.75) is 19.4 Å². The van der Waals surface area contributed by atoms with Gasteiger partial charge in [-0.3, -0.25) is 4.98 Å². The van der Waals surface area contributed by atoms with E-state index in [1.54, 1.807) is 6.07 Å². The molecule has 80 valence electrons. The van der Waals surface area contributed by atoms with Gasteiger partial charge in [0.1, 0.15) is 5.82 Å². The maximum Gasteiger partial charge on any atom is 0.268 e. The van der Waals surface area contributed by atoms with E-state index in [0.717, 1.165) is 6.20 Å². The van der Waals surface area contributed by atoms with Crippen LogP contribution in [0.4, 0.5) is 13.2 Å². The maximum absolute atomic E-state index is 13.4. The minimum Gasteiger partial charge on any atom is -0.326 e. The summed E-state index contributed by atoms with van der Waals surface area (Å²) in [5.74, 6) is -1.06. The Morgan fingerprint density at radius 3 is 2.67 bits per heavy atom. The molecule has 0 fully saturated rings. The molecule has 1 heterocycles. The number of hydrogen-bond acceptors (Lipinski definition) is 3. The van der Waals surface area contributed by atoms with Crippen molar-refractivity contribution in [2.24, 2.45) is 5.73 Å². The fourth-order valence-electron chi connectivity index (χ4n) is 1.17. The number of rotatable bonds is 3. The lowest BCUT2D eigenvalue weighted by atomic mass is 10.1. The van der Waals surface area contributed by atoms with E-state index in [2.05, 4.69) is 4.98 Å². The highest BCUT2D eigenvalue weighted by Gasteiger charge is 2.19. The molecule has 0 saturated heterocycles. The van der Waals surface area contributed by atoms with Gasteiger partial charge in [-0.2, -0.15) is 5.26 Å². The molecule has 0 saturated carbocycles. The summed E-state index contributed by atoms with van der Waals surface area (Å²) in [6.45, 7) is -0.254. The Labute approximate surface area is 84.3 Å². The van der Waals surface area contributed by atoms with Crippen molar-refractivity contribution in [2.75, 3.05) is 0 Å². The fourth-order valence-corrected chi connectivity index (χ4v) is 1.17. The molecule has 0 amide bonds. The molecule has 1 aromatic heterocycles. The third-order valence-corrected chi connectivity index (χ3v) is 1.91. The van der Waals surface area contributed by atoms with Gasteiger partial charge in [0.25, 0.3) is 6.43 Å². The number of pyridine rings is 1. The molecule has 0 aliphatic rings. The second kappa shape index (κ2) is 4.75. The standard InChI is InChI=1S/C9H8F3N3/c10-8-5(3-14)7(1-2-13)15-4-6(8)9(11)12/h4,9H,1,3,14H2. The van der Waals surface area contributed by atoms with E-state index in [4.69, 9.17) is 11.0 Å². The number of aromatic nitrogens is 1. The van der Waals surface area contributed by atoms with Crippen LogP contribution in [0.2, 0.25) is 0 Å². The Bertz CT molecular complexity index is 398. The Morgan fingerprint density at radius 2 is 2.20 bits per heavy atom. The third-order valence-electron chi connectivity index (χ3n) is 1.91. The van der Waals surface area contributed by atoms with Gasteiger partial charge in [-0.25, -0.2) is 13.2 Å². The van der Waals surface area contributed by atoms with Crippen molar-refractivity contribution >= 4 is 0 Å². The van der Waals surface area contributed by atoms with Gasteiger partial charge in [0.2, 0.25) is 0 Å². The maximum atomic E-state index is 13.4. The molecule has 0 aliphatic carbocycles. The van der Waals surface area contributed by atoms with Crippen molar-refractivity contribution in [3.8, 4) is 6.07 Å². The Hall–Kier alpha value is -1.61. The van der Waals surface area contributed by atoms with Crippen molar-refractivity contribution in [3.05, 3.63) is 28.8 Å². The second-order valence-electron chi connectivity index (χ2n) is 2.79. The zero-order valence-electron chi connectivity index (χ0n) is 7.67. The van der Waals surface area contributed by atoms with Crippen LogP contribution in [0.1, 0.15) is 23.2 Å². The van der Waals surface area contributed by atoms with Gasteiger partial charge < -0.3 is 5.73 Å². The van der Waals surface area contributed by atoms with Crippen molar-refractivity contribution in [1.29, 1.82) is 5.26 Å². The van der Waals surface area contributed by atoms with Crippen LogP contribution in [0.15, 0.2) is 6.20 Å². The van der Waals surface area contributed by atoms with E-state index in [-0.39, 0.29) is 24.2 Å². The summed E-state index contributed by atoms with van der Waals surface area (Å²) in [7, 11) is 0. The lowest BCUT2D eigenvalue weighted by molar-refractivity contribution is 0.145. The first-order valence-corrected chi connectivity index (χ1v) is 4.13.